The maximum absolute atomic E-state index is 10.4. The molecule has 4 N–H and O–H groups in total. The molecule has 234 valence electrons. The normalized spacial score (nSPS) is 11.6. The lowest BCUT2D eigenvalue weighted by Crippen LogP contribution is -2.05. The van der Waals surface area contributed by atoms with Gasteiger partial charge in [-0.1, -0.05) is 74.2 Å². The molecule has 0 radical (unpaired) electrons. The fourth-order valence-corrected chi connectivity index (χ4v) is 6.86. The second-order valence-corrected chi connectivity index (χ2v) is 13.1. The summed E-state index contributed by atoms with van der Waals surface area (Å²) in [4.78, 5) is 0. The van der Waals surface area contributed by atoms with Gasteiger partial charge in [0.15, 0.2) is 0 Å². The minimum absolute atomic E-state index is 0.185. The highest BCUT2D eigenvalue weighted by Gasteiger charge is 2.20. The van der Waals surface area contributed by atoms with Crippen molar-refractivity contribution >= 4 is 0 Å². The topological polar surface area (TPSA) is 80.9 Å². The van der Waals surface area contributed by atoms with Gasteiger partial charge in [-0.3, -0.25) is 0 Å². The van der Waals surface area contributed by atoms with Gasteiger partial charge in [0.05, 0.1) is 0 Å². The summed E-state index contributed by atoms with van der Waals surface area (Å²) in [5, 5.41) is 41.7. The Morgan fingerprint density at radius 1 is 0.341 bits per heavy atom. The SMILES string of the molecule is Cc1cc(C(CCCCCCC(c2cc(C)c(O)c(C)c2)c2cc(C)c(O)c(C)c2)c2cc(C)c(O)c(C)c2)cc(C)c1O. The number of hydrogen-bond donors (Lipinski definition) is 4. The summed E-state index contributed by atoms with van der Waals surface area (Å²) in [6.07, 6.45) is 6.34. The fraction of sp³-hybridized carbons (Fsp3) is 0.400. The van der Waals surface area contributed by atoms with Crippen molar-refractivity contribution in [1.29, 1.82) is 0 Å². The number of hydrogen-bond acceptors (Lipinski definition) is 4. The van der Waals surface area contributed by atoms with E-state index in [1.54, 1.807) is 0 Å². The number of phenolic OH excluding ortho intramolecular Hbond substituents is 4. The summed E-state index contributed by atoms with van der Waals surface area (Å²) in [6.45, 7) is 15.7. The molecule has 4 heteroatoms. The number of phenols is 4. The van der Waals surface area contributed by atoms with Crippen molar-refractivity contribution in [2.75, 3.05) is 0 Å². The van der Waals surface area contributed by atoms with Crippen LogP contribution < -0.4 is 0 Å². The zero-order valence-corrected chi connectivity index (χ0v) is 27.8. The first-order valence-electron chi connectivity index (χ1n) is 16.0. The van der Waals surface area contributed by atoms with Crippen LogP contribution in [-0.2, 0) is 0 Å². The first kappa shape index (κ1) is 33.0. The first-order valence-corrected chi connectivity index (χ1v) is 16.0. The zero-order valence-electron chi connectivity index (χ0n) is 27.8. The van der Waals surface area contributed by atoms with Crippen molar-refractivity contribution in [3.8, 4) is 23.0 Å². The third kappa shape index (κ3) is 7.23. The van der Waals surface area contributed by atoms with Crippen LogP contribution in [0, 0.1) is 55.4 Å². The number of rotatable bonds is 11. The van der Waals surface area contributed by atoms with E-state index in [9.17, 15) is 20.4 Å². The summed E-state index contributed by atoms with van der Waals surface area (Å²) in [6, 6.07) is 16.9. The van der Waals surface area contributed by atoms with Crippen molar-refractivity contribution in [3.63, 3.8) is 0 Å². The maximum Gasteiger partial charge on any atom is 0.121 e. The first-order chi connectivity index (χ1) is 20.8. The van der Waals surface area contributed by atoms with E-state index in [0.29, 0.717) is 23.0 Å². The Bertz CT molecular complexity index is 1320. The van der Waals surface area contributed by atoms with E-state index in [4.69, 9.17) is 0 Å². The van der Waals surface area contributed by atoms with Gasteiger partial charge in [-0.25, -0.2) is 0 Å². The van der Waals surface area contributed by atoms with E-state index in [1.165, 1.54) is 22.3 Å². The minimum atomic E-state index is 0.185. The predicted molar refractivity (Wildman–Crippen MR) is 182 cm³/mol. The van der Waals surface area contributed by atoms with E-state index in [1.807, 2.05) is 55.4 Å². The van der Waals surface area contributed by atoms with Crippen LogP contribution in [-0.4, -0.2) is 20.4 Å². The molecule has 0 amide bonds. The molecule has 44 heavy (non-hydrogen) atoms. The smallest absolute Gasteiger partial charge is 0.121 e. The second kappa shape index (κ2) is 13.8. The van der Waals surface area contributed by atoms with Gasteiger partial charge in [-0.15, -0.1) is 0 Å². The molecule has 0 heterocycles. The molecular weight excluding hydrogens is 544 g/mol. The summed E-state index contributed by atoms with van der Waals surface area (Å²) in [5.41, 5.74) is 12.0. The third-order valence-electron chi connectivity index (χ3n) is 9.40. The number of unbranched alkanes of at least 4 members (excludes halogenated alkanes) is 3. The van der Waals surface area contributed by atoms with Gasteiger partial charge in [-0.05, 0) is 135 Å². The maximum atomic E-state index is 10.4. The Kier molecular flexibility index (Phi) is 10.3. The fourth-order valence-electron chi connectivity index (χ4n) is 6.86. The second-order valence-electron chi connectivity index (χ2n) is 13.1. The predicted octanol–water partition coefficient (Wildman–Crippen LogP) is 10.3. The lowest BCUT2D eigenvalue weighted by atomic mass is 9.82. The van der Waals surface area contributed by atoms with Crippen molar-refractivity contribution in [3.05, 3.63) is 115 Å². The Hall–Kier alpha value is -3.92. The van der Waals surface area contributed by atoms with E-state index >= 15 is 0 Å². The Balaban J connectivity index is 1.50. The van der Waals surface area contributed by atoms with Crippen LogP contribution in [0.1, 0.15) is 117 Å². The van der Waals surface area contributed by atoms with Crippen molar-refractivity contribution < 1.29 is 20.4 Å². The van der Waals surface area contributed by atoms with Crippen molar-refractivity contribution in [1.82, 2.24) is 0 Å². The third-order valence-corrected chi connectivity index (χ3v) is 9.40. The van der Waals surface area contributed by atoms with Crippen LogP contribution in [0.15, 0.2) is 48.5 Å². The molecule has 0 aliphatic rings. The highest BCUT2D eigenvalue weighted by Crippen LogP contribution is 2.39. The number of aryl methyl sites for hydroxylation is 8. The van der Waals surface area contributed by atoms with Gasteiger partial charge in [0.1, 0.15) is 23.0 Å². The molecule has 0 saturated heterocycles. The lowest BCUT2D eigenvalue weighted by Gasteiger charge is -2.22. The molecule has 0 atom stereocenters. The van der Waals surface area contributed by atoms with Gasteiger partial charge in [-0.2, -0.15) is 0 Å². The lowest BCUT2D eigenvalue weighted by molar-refractivity contribution is 0.464. The summed E-state index contributed by atoms with van der Waals surface area (Å²) in [5.74, 6) is 1.81. The van der Waals surface area contributed by atoms with Gasteiger partial charge < -0.3 is 20.4 Å². The molecule has 0 aromatic heterocycles. The van der Waals surface area contributed by atoms with Crippen LogP contribution in [0.4, 0.5) is 0 Å². The molecule has 4 aromatic carbocycles. The van der Waals surface area contributed by atoms with E-state index in [2.05, 4.69) is 48.5 Å². The number of benzene rings is 4. The van der Waals surface area contributed by atoms with Crippen LogP contribution in [0.5, 0.6) is 23.0 Å². The quantitative estimate of drug-likeness (QED) is 0.130. The summed E-state index contributed by atoms with van der Waals surface area (Å²) < 4.78 is 0. The van der Waals surface area contributed by atoms with Crippen molar-refractivity contribution in [2.45, 2.75) is 106 Å². The van der Waals surface area contributed by atoms with Gasteiger partial charge in [0, 0.05) is 11.8 Å². The van der Waals surface area contributed by atoms with Crippen molar-refractivity contribution in [2.24, 2.45) is 0 Å². The Labute approximate surface area is 264 Å². The summed E-state index contributed by atoms with van der Waals surface area (Å²) >= 11 is 0. The Morgan fingerprint density at radius 2 is 0.523 bits per heavy atom. The molecule has 0 aliphatic heterocycles. The van der Waals surface area contributed by atoms with E-state index in [0.717, 1.165) is 83.0 Å². The van der Waals surface area contributed by atoms with Gasteiger partial charge in [0.25, 0.3) is 0 Å². The van der Waals surface area contributed by atoms with Crippen LogP contribution in [0.3, 0.4) is 0 Å². The largest absolute Gasteiger partial charge is 0.507 e. The van der Waals surface area contributed by atoms with Gasteiger partial charge >= 0.3 is 0 Å². The van der Waals surface area contributed by atoms with Crippen LogP contribution in [0.2, 0.25) is 0 Å². The molecule has 0 bridgehead atoms. The molecule has 4 rings (SSSR count). The molecule has 0 fully saturated rings. The Morgan fingerprint density at radius 3 is 0.705 bits per heavy atom. The monoisotopic (exact) mass is 594 g/mol. The molecule has 4 nitrogen and oxygen atoms in total. The highest BCUT2D eigenvalue weighted by atomic mass is 16.3. The molecule has 0 saturated carbocycles. The molecule has 0 unspecified atom stereocenters. The average molecular weight is 595 g/mol. The average Bonchev–Trinajstić information content (AvgIpc) is 2.96. The number of aromatic hydroxyl groups is 4. The molecule has 0 aliphatic carbocycles. The summed E-state index contributed by atoms with van der Waals surface area (Å²) in [7, 11) is 0. The molecular formula is C40H50O4. The highest BCUT2D eigenvalue weighted by molar-refractivity contribution is 5.50. The van der Waals surface area contributed by atoms with Crippen LogP contribution >= 0.6 is 0 Å². The molecule has 0 spiro atoms. The van der Waals surface area contributed by atoms with E-state index < -0.39 is 0 Å². The zero-order chi connectivity index (χ0) is 32.3. The minimum Gasteiger partial charge on any atom is -0.507 e. The van der Waals surface area contributed by atoms with Crippen LogP contribution in [0.25, 0.3) is 0 Å². The van der Waals surface area contributed by atoms with E-state index in [-0.39, 0.29) is 11.8 Å². The van der Waals surface area contributed by atoms with Gasteiger partial charge in [0.2, 0.25) is 0 Å². The standard InChI is InChI=1S/C40H50O4/c1-23-15-31(16-24(2)37(23)41)35(32-17-25(3)38(42)26(4)18-32)13-11-9-10-12-14-36(33-19-27(5)39(43)28(6)20-33)34-21-29(7)40(44)30(8)22-34/h15-22,35-36,41-44H,9-14H2,1-8H3. The molecule has 4 aromatic rings.